The lowest BCUT2D eigenvalue weighted by molar-refractivity contribution is -0.117. The third-order valence-corrected chi connectivity index (χ3v) is 5.22. The monoisotopic (exact) mass is 449 g/mol. The molecule has 0 aliphatic carbocycles. The maximum absolute atomic E-state index is 12.0. The van der Waals surface area contributed by atoms with Crippen molar-refractivity contribution in [1.82, 2.24) is 25.4 Å². The van der Waals surface area contributed by atoms with Crippen LogP contribution in [0.25, 0.3) is 17.1 Å². The molecule has 7 nitrogen and oxygen atoms in total. The number of carbonyl (C=O) groups is 2. The molecule has 3 rings (SSSR count). The number of hydrogen-bond acceptors (Lipinski definition) is 5. The predicted molar refractivity (Wildman–Crippen MR) is 115 cm³/mol. The molecule has 1 heterocycles. The van der Waals surface area contributed by atoms with Gasteiger partial charge in [0.25, 0.3) is 0 Å². The van der Waals surface area contributed by atoms with E-state index in [0.717, 1.165) is 17.4 Å². The largest absolute Gasteiger partial charge is 0.338 e. The fourth-order valence-corrected chi connectivity index (χ4v) is 3.76. The van der Waals surface area contributed by atoms with E-state index in [2.05, 4.69) is 20.8 Å². The molecule has 150 valence electrons. The Kier molecular flexibility index (Phi) is 7.13. The van der Waals surface area contributed by atoms with E-state index in [4.69, 9.17) is 23.2 Å². The fraction of sp³-hybridized carbons (Fsp3) is 0.158. The molecule has 2 aromatic carbocycles. The van der Waals surface area contributed by atoms with E-state index in [1.165, 1.54) is 0 Å². The highest BCUT2D eigenvalue weighted by Crippen LogP contribution is 2.33. The van der Waals surface area contributed by atoms with E-state index in [1.54, 1.807) is 29.7 Å². The summed E-state index contributed by atoms with van der Waals surface area (Å²) < 4.78 is 1.80. The van der Waals surface area contributed by atoms with Gasteiger partial charge in [-0.15, -0.1) is 10.2 Å². The molecule has 0 radical (unpaired) electrons. The summed E-state index contributed by atoms with van der Waals surface area (Å²) in [6, 6.07) is 14.1. The quantitative estimate of drug-likeness (QED) is 0.550. The minimum absolute atomic E-state index is 0.00352. The number of para-hydroxylation sites is 1. The number of nitrogens with one attached hydrogen (secondary N) is 2. The molecule has 29 heavy (non-hydrogen) atoms. The molecule has 0 bridgehead atoms. The molecule has 3 amide bonds. The highest BCUT2D eigenvalue weighted by atomic mass is 35.5. The maximum Gasteiger partial charge on any atom is 0.321 e. The van der Waals surface area contributed by atoms with E-state index in [-0.39, 0.29) is 5.75 Å². The molecule has 10 heteroatoms. The van der Waals surface area contributed by atoms with Crippen molar-refractivity contribution in [3.63, 3.8) is 0 Å². The van der Waals surface area contributed by atoms with Gasteiger partial charge in [0.2, 0.25) is 5.91 Å². The Morgan fingerprint density at radius 1 is 1.10 bits per heavy atom. The summed E-state index contributed by atoms with van der Waals surface area (Å²) in [5.41, 5.74) is 1.47. The average Bonchev–Trinajstić information content (AvgIpc) is 3.11. The second-order valence-electron chi connectivity index (χ2n) is 5.80. The SMILES string of the molecule is CCNC(=O)NC(=O)CSc1nnc(-c2ccc(Cl)cc2Cl)n1-c1ccccc1. The zero-order valence-corrected chi connectivity index (χ0v) is 17.7. The van der Waals surface area contributed by atoms with Crippen LogP contribution in [0.1, 0.15) is 6.92 Å². The molecule has 0 aliphatic rings. The van der Waals surface area contributed by atoms with Gasteiger partial charge in [-0.1, -0.05) is 53.2 Å². The molecule has 0 fully saturated rings. The molecule has 0 unspecified atom stereocenters. The molecule has 0 aliphatic heterocycles. The zero-order valence-electron chi connectivity index (χ0n) is 15.4. The van der Waals surface area contributed by atoms with Gasteiger partial charge in [-0.05, 0) is 37.3 Å². The van der Waals surface area contributed by atoms with Gasteiger partial charge in [0.15, 0.2) is 11.0 Å². The van der Waals surface area contributed by atoms with Crippen molar-refractivity contribution in [3.8, 4) is 17.1 Å². The smallest absolute Gasteiger partial charge is 0.321 e. The second-order valence-corrected chi connectivity index (χ2v) is 7.58. The summed E-state index contributed by atoms with van der Waals surface area (Å²) >= 11 is 13.5. The van der Waals surface area contributed by atoms with Gasteiger partial charge in [0.05, 0.1) is 10.8 Å². The lowest BCUT2D eigenvalue weighted by Crippen LogP contribution is -2.40. The number of thioether (sulfide) groups is 1. The van der Waals surface area contributed by atoms with E-state index in [0.29, 0.717) is 33.1 Å². The van der Waals surface area contributed by atoms with Gasteiger partial charge >= 0.3 is 6.03 Å². The van der Waals surface area contributed by atoms with E-state index in [9.17, 15) is 9.59 Å². The molecule has 0 saturated heterocycles. The van der Waals surface area contributed by atoms with Crippen LogP contribution in [0.4, 0.5) is 4.79 Å². The van der Waals surface area contributed by atoms with Crippen molar-refractivity contribution in [3.05, 3.63) is 58.6 Å². The van der Waals surface area contributed by atoms with Crippen molar-refractivity contribution in [2.45, 2.75) is 12.1 Å². The number of rotatable bonds is 6. The van der Waals surface area contributed by atoms with Crippen LogP contribution in [-0.2, 0) is 4.79 Å². The van der Waals surface area contributed by atoms with E-state index in [1.807, 2.05) is 30.3 Å². The van der Waals surface area contributed by atoms with Crippen LogP contribution < -0.4 is 10.6 Å². The lowest BCUT2D eigenvalue weighted by atomic mass is 10.2. The van der Waals surface area contributed by atoms with Crippen molar-refractivity contribution in [2.24, 2.45) is 0 Å². The summed E-state index contributed by atoms with van der Waals surface area (Å²) in [6.07, 6.45) is 0. The standard InChI is InChI=1S/C19H17Cl2N5O2S/c1-2-22-18(28)23-16(27)11-29-19-25-24-17(14-9-8-12(20)10-15(14)21)26(19)13-6-4-3-5-7-13/h3-10H,2,11H2,1H3,(H2,22,23,27,28). The predicted octanol–water partition coefficient (Wildman–Crippen LogP) is 4.18. The first kappa shape index (κ1) is 21.2. The second kappa shape index (κ2) is 9.78. The number of benzene rings is 2. The van der Waals surface area contributed by atoms with Crippen LogP contribution in [-0.4, -0.2) is 39.0 Å². The van der Waals surface area contributed by atoms with Gasteiger partial charge < -0.3 is 5.32 Å². The minimum Gasteiger partial charge on any atom is -0.338 e. The Balaban J connectivity index is 1.91. The minimum atomic E-state index is -0.531. The summed E-state index contributed by atoms with van der Waals surface area (Å²) in [7, 11) is 0. The third kappa shape index (κ3) is 5.29. The molecular weight excluding hydrogens is 433 g/mol. The number of halogens is 2. The van der Waals surface area contributed by atoms with Gasteiger partial charge in [-0.2, -0.15) is 0 Å². The van der Waals surface area contributed by atoms with Crippen molar-refractivity contribution in [1.29, 1.82) is 0 Å². The van der Waals surface area contributed by atoms with Crippen molar-refractivity contribution < 1.29 is 9.59 Å². The molecule has 0 spiro atoms. The Morgan fingerprint density at radius 3 is 2.55 bits per heavy atom. The topological polar surface area (TPSA) is 88.9 Å². The molecule has 0 atom stereocenters. The first-order valence-corrected chi connectivity index (χ1v) is 10.4. The zero-order chi connectivity index (χ0) is 20.8. The summed E-state index contributed by atoms with van der Waals surface area (Å²) in [5, 5.41) is 14.7. The van der Waals surface area contributed by atoms with Crippen LogP contribution in [0.3, 0.4) is 0 Å². The first-order chi connectivity index (χ1) is 14.0. The van der Waals surface area contributed by atoms with Gasteiger partial charge in [0.1, 0.15) is 0 Å². The number of imide groups is 1. The summed E-state index contributed by atoms with van der Waals surface area (Å²) in [4.78, 5) is 23.5. The lowest BCUT2D eigenvalue weighted by Gasteiger charge is -2.11. The van der Waals surface area contributed by atoms with E-state index >= 15 is 0 Å². The third-order valence-electron chi connectivity index (χ3n) is 3.74. The fourth-order valence-electron chi connectivity index (χ4n) is 2.52. The molecule has 1 aromatic heterocycles. The highest BCUT2D eigenvalue weighted by Gasteiger charge is 2.19. The van der Waals surface area contributed by atoms with Crippen LogP contribution in [0, 0.1) is 0 Å². The van der Waals surface area contributed by atoms with Crippen molar-refractivity contribution in [2.75, 3.05) is 12.3 Å². The summed E-state index contributed by atoms with van der Waals surface area (Å²) in [5.74, 6) is 0.0790. The van der Waals surface area contributed by atoms with Gasteiger partial charge in [-0.3, -0.25) is 14.7 Å². The number of urea groups is 1. The Labute approximate surface area is 181 Å². The normalized spacial score (nSPS) is 10.6. The highest BCUT2D eigenvalue weighted by molar-refractivity contribution is 7.99. The molecule has 3 aromatic rings. The van der Waals surface area contributed by atoms with Crippen molar-refractivity contribution >= 4 is 46.9 Å². The number of carbonyl (C=O) groups excluding carboxylic acids is 2. The first-order valence-electron chi connectivity index (χ1n) is 8.66. The van der Waals surface area contributed by atoms with Gasteiger partial charge in [-0.25, -0.2) is 4.79 Å². The van der Waals surface area contributed by atoms with E-state index < -0.39 is 11.9 Å². The molecule has 0 saturated carbocycles. The number of hydrogen-bond donors (Lipinski definition) is 2. The molecule has 2 N–H and O–H groups in total. The van der Waals surface area contributed by atoms with Crippen LogP contribution in [0.5, 0.6) is 0 Å². The van der Waals surface area contributed by atoms with Crippen LogP contribution in [0.2, 0.25) is 10.0 Å². The van der Waals surface area contributed by atoms with Crippen LogP contribution in [0.15, 0.2) is 53.7 Å². The van der Waals surface area contributed by atoms with Crippen LogP contribution >= 0.6 is 35.0 Å². The molecular formula is C19H17Cl2N5O2S. The Bertz CT molecular complexity index is 1030. The number of nitrogens with zero attached hydrogens (tertiary/aromatic N) is 3. The Morgan fingerprint density at radius 2 is 1.86 bits per heavy atom. The number of amides is 3. The maximum atomic E-state index is 12.0. The van der Waals surface area contributed by atoms with Gasteiger partial charge in [0, 0.05) is 22.8 Å². The Hall–Kier alpha value is -2.55. The average molecular weight is 450 g/mol. The summed E-state index contributed by atoms with van der Waals surface area (Å²) in [6.45, 7) is 2.20. The number of aromatic nitrogens is 3.